The zero-order valence-corrected chi connectivity index (χ0v) is 5.85. The van der Waals surface area contributed by atoms with Gasteiger partial charge in [-0.3, -0.25) is 4.79 Å². The van der Waals surface area contributed by atoms with Crippen molar-refractivity contribution in [1.82, 2.24) is 5.32 Å². The lowest BCUT2D eigenvalue weighted by molar-refractivity contribution is -0.147. The van der Waals surface area contributed by atoms with E-state index in [9.17, 15) is 4.79 Å². The van der Waals surface area contributed by atoms with Crippen molar-refractivity contribution in [2.75, 3.05) is 13.1 Å². The summed E-state index contributed by atoms with van der Waals surface area (Å²) in [5, 5.41) is 3.20. The first-order valence-electron chi connectivity index (χ1n) is 3.73. The fourth-order valence-corrected chi connectivity index (χ4v) is 1.69. The van der Waals surface area contributed by atoms with E-state index in [1.54, 1.807) is 0 Å². The molecular weight excluding hydrogens is 130 g/mol. The van der Waals surface area contributed by atoms with Crippen molar-refractivity contribution in [3.8, 4) is 0 Å². The molecule has 2 aliphatic heterocycles. The third-order valence-corrected chi connectivity index (χ3v) is 2.32. The Morgan fingerprint density at radius 2 is 2.40 bits per heavy atom. The molecule has 2 rings (SSSR count). The third kappa shape index (κ3) is 0.814. The summed E-state index contributed by atoms with van der Waals surface area (Å²) < 4.78 is 5.21. The van der Waals surface area contributed by atoms with Gasteiger partial charge < -0.3 is 10.1 Å². The number of esters is 1. The minimum absolute atomic E-state index is 0.0244. The van der Waals surface area contributed by atoms with Crippen LogP contribution in [-0.2, 0) is 9.53 Å². The predicted molar refractivity (Wildman–Crippen MR) is 35.5 cm³/mol. The summed E-state index contributed by atoms with van der Waals surface area (Å²) >= 11 is 0. The summed E-state index contributed by atoms with van der Waals surface area (Å²) in [6, 6.07) is 0. The van der Waals surface area contributed by atoms with Gasteiger partial charge in [-0.2, -0.15) is 0 Å². The van der Waals surface area contributed by atoms with E-state index in [2.05, 4.69) is 5.32 Å². The fraction of sp³-hybridized carbons (Fsp3) is 0.857. The van der Waals surface area contributed by atoms with Crippen LogP contribution in [0.15, 0.2) is 0 Å². The summed E-state index contributed by atoms with van der Waals surface area (Å²) in [5.74, 6) is -0.0244. The molecule has 0 saturated carbocycles. The first-order valence-corrected chi connectivity index (χ1v) is 3.73. The molecule has 3 nitrogen and oxygen atoms in total. The molecule has 1 atom stereocenters. The molecule has 0 radical (unpaired) electrons. The summed E-state index contributed by atoms with van der Waals surface area (Å²) in [4.78, 5) is 10.8. The van der Waals surface area contributed by atoms with Crippen molar-refractivity contribution in [2.45, 2.75) is 24.9 Å². The van der Waals surface area contributed by atoms with Gasteiger partial charge in [-0.25, -0.2) is 0 Å². The van der Waals surface area contributed by atoms with Crippen LogP contribution < -0.4 is 5.32 Å². The molecule has 0 bridgehead atoms. The van der Waals surface area contributed by atoms with Crippen molar-refractivity contribution in [2.24, 2.45) is 0 Å². The van der Waals surface area contributed by atoms with Gasteiger partial charge in [0, 0.05) is 19.4 Å². The van der Waals surface area contributed by atoms with E-state index < -0.39 is 0 Å². The molecule has 0 aromatic carbocycles. The van der Waals surface area contributed by atoms with Crippen LogP contribution >= 0.6 is 0 Å². The minimum atomic E-state index is -0.100. The van der Waals surface area contributed by atoms with Crippen LogP contribution in [0.3, 0.4) is 0 Å². The Balaban J connectivity index is 2.09. The molecule has 2 saturated heterocycles. The molecule has 2 heterocycles. The van der Waals surface area contributed by atoms with Gasteiger partial charge in [0.05, 0.1) is 0 Å². The highest BCUT2D eigenvalue weighted by Gasteiger charge is 2.42. The SMILES string of the molecule is O=C1CCC2(CCNC2)O1. The van der Waals surface area contributed by atoms with Crippen LogP contribution in [0.25, 0.3) is 0 Å². The van der Waals surface area contributed by atoms with Crippen LogP contribution in [0.5, 0.6) is 0 Å². The van der Waals surface area contributed by atoms with Gasteiger partial charge in [-0.15, -0.1) is 0 Å². The second kappa shape index (κ2) is 1.95. The molecule has 1 spiro atoms. The molecule has 2 fully saturated rings. The lowest BCUT2D eigenvalue weighted by Gasteiger charge is -2.19. The molecule has 1 unspecified atom stereocenters. The van der Waals surface area contributed by atoms with Crippen molar-refractivity contribution >= 4 is 5.97 Å². The Morgan fingerprint density at radius 3 is 2.90 bits per heavy atom. The van der Waals surface area contributed by atoms with Crippen LogP contribution in [-0.4, -0.2) is 24.7 Å². The molecule has 0 aromatic rings. The smallest absolute Gasteiger partial charge is 0.306 e. The summed E-state index contributed by atoms with van der Waals surface area (Å²) in [6.45, 7) is 1.85. The molecule has 10 heavy (non-hydrogen) atoms. The van der Waals surface area contributed by atoms with Crippen molar-refractivity contribution in [1.29, 1.82) is 0 Å². The van der Waals surface area contributed by atoms with E-state index >= 15 is 0 Å². The van der Waals surface area contributed by atoms with Crippen LogP contribution in [0, 0.1) is 0 Å². The van der Waals surface area contributed by atoms with E-state index in [-0.39, 0.29) is 11.6 Å². The highest BCUT2D eigenvalue weighted by atomic mass is 16.6. The van der Waals surface area contributed by atoms with Gasteiger partial charge in [0.15, 0.2) is 0 Å². The second-order valence-corrected chi connectivity index (χ2v) is 3.08. The normalized spacial score (nSPS) is 39.0. The van der Waals surface area contributed by atoms with Crippen molar-refractivity contribution in [3.05, 3.63) is 0 Å². The highest BCUT2D eigenvalue weighted by Crippen LogP contribution is 2.31. The summed E-state index contributed by atoms with van der Waals surface area (Å²) in [5.41, 5.74) is -0.100. The molecule has 1 N–H and O–H groups in total. The Hall–Kier alpha value is -0.570. The molecule has 0 amide bonds. The molecule has 0 aromatic heterocycles. The van der Waals surface area contributed by atoms with Gasteiger partial charge in [-0.05, 0) is 13.0 Å². The quantitative estimate of drug-likeness (QED) is 0.485. The van der Waals surface area contributed by atoms with E-state index in [0.717, 1.165) is 25.9 Å². The third-order valence-electron chi connectivity index (χ3n) is 2.32. The lowest BCUT2D eigenvalue weighted by Crippen LogP contribution is -2.30. The van der Waals surface area contributed by atoms with Crippen LogP contribution in [0.1, 0.15) is 19.3 Å². The van der Waals surface area contributed by atoms with Crippen LogP contribution in [0.4, 0.5) is 0 Å². The standard InChI is InChI=1S/C7H11NO2/c9-6-1-2-7(10-6)3-4-8-5-7/h8H,1-5H2. The van der Waals surface area contributed by atoms with Gasteiger partial charge in [0.1, 0.15) is 5.60 Å². The molecule has 0 aliphatic carbocycles. The van der Waals surface area contributed by atoms with Crippen molar-refractivity contribution < 1.29 is 9.53 Å². The Labute approximate surface area is 59.7 Å². The van der Waals surface area contributed by atoms with Gasteiger partial charge in [0.2, 0.25) is 0 Å². The number of rotatable bonds is 0. The molecular formula is C7H11NO2. The monoisotopic (exact) mass is 141 g/mol. The summed E-state index contributed by atoms with van der Waals surface area (Å²) in [6.07, 6.45) is 2.53. The van der Waals surface area contributed by atoms with Gasteiger partial charge in [-0.1, -0.05) is 0 Å². The number of nitrogens with one attached hydrogen (secondary N) is 1. The van der Waals surface area contributed by atoms with E-state index in [1.165, 1.54) is 0 Å². The maximum absolute atomic E-state index is 10.8. The first-order chi connectivity index (χ1) is 4.81. The topological polar surface area (TPSA) is 38.3 Å². The molecule has 3 heteroatoms. The van der Waals surface area contributed by atoms with Crippen LogP contribution in [0.2, 0.25) is 0 Å². The number of carbonyl (C=O) groups is 1. The maximum atomic E-state index is 10.8. The van der Waals surface area contributed by atoms with E-state index in [0.29, 0.717) is 6.42 Å². The Bertz CT molecular complexity index is 161. The number of hydrogen-bond donors (Lipinski definition) is 1. The second-order valence-electron chi connectivity index (χ2n) is 3.08. The average molecular weight is 141 g/mol. The molecule has 56 valence electrons. The van der Waals surface area contributed by atoms with Crippen molar-refractivity contribution in [3.63, 3.8) is 0 Å². The maximum Gasteiger partial charge on any atom is 0.306 e. The Kier molecular flexibility index (Phi) is 1.20. The predicted octanol–water partition coefficient (Wildman–Crippen LogP) is 0.0555. The zero-order valence-electron chi connectivity index (χ0n) is 5.85. The Morgan fingerprint density at radius 1 is 1.50 bits per heavy atom. The molecule has 2 aliphatic rings. The lowest BCUT2D eigenvalue weighted by atomic mass is 10.00. The van der Waals surface area contributed by atoms with Gasteiger partial charge in [0.25, 0.3) is 0 Å². The van der Waals surface area contributed by atoms with E-state index in [1.807, 2.05) is 0 Å². The average Bonchev–Trinajstić information content (AvgIpc) is 2.46. The largest absolute Gasteiger partial charge is 0.458 e. The number of carbonyl (C=O) groups excluding carboxylic acids is 1. The fourth-order valence-electron chi connectivity index (χ4n) is 1.69. The number of ether oxygens (including phenoxy) is 1. The minimum Gasteiger partial charge on any atom is -0.458 e. The first kappa shape index (κ1) is 6.16. The van der Waals surface area contributed by atoms with E-state index in [4.69, 9.17) is 4.74 Å². The highest BCUT2D eigenvalue weighted by molar-refractivity contribution is 5.72. The zero-order chi connectivity index (χ0) is 7.03. The number of hydrogen-bond acceptors (Lipinski definition) is 3. The summed E-state index contributed by atoms with van der Waals surface area (Å²) in [7, 11) is 0. The van der Waals surface area contributed by atoms with Gasteiger partial charge >= 0.3 is 5.97 Å².